The Morgan fingerprint density at radius 3 is 2.24 bits per heavy atom. The van der Waals surface area contributed by atoms with Gasteiger partial charge in [0.25, 0.3) is 10.1 Å². The summed E-state index contributed by atoms with van der Waals surface area (Å²) < 4.78 is 42.1. The molecule has 0 saturated carbocycles. The number of hydrogen-bond acceptors (Lipinski definition) is 6. The first-order valence-corrected chi connectivity index (χ1v) is 10.7. The number of likely N-dealkylation sites (N-methyl/N-ethyl adjacent to an activating group) is 1. The first-order valence-electron chi connectivity index (χ1n) is 8.88. The van der Waals surface area contributed by atoms with Crippen LogP contribution in [0.3, 0.4) is 0 Å². The number of carboxylic acid groups (broad SMARTS) is 1. The van der Waals surface area contributed by atoms with E-state index < -0.39 is 27.3 Å². The standard InChI is InChI=1S/C17H20FN3O3.CH4O3S/c1-3-20-10-12(17(23)24)16(22)11-8-13(18)15(9-14(11)20)21-6-4-19(2)5-7-21;1-5(2,3)4/h8-10H,3-7H2,1-2H3,(H,23,24);1H3,(H,2,3,4). The summed E-state index contributed by atoms with van der Waals surface area (Å²) in [7, 11) is -1.64. The van der Waals surface area contributed by atoms with E-state index in [9.17, 15) is 27.5 Å². The number of aryl methyl sites for hydroxylation is 1. The maximum Gasteiger partial charge on any atom is 0.341 e. The maximum absolute atomic E-state index is 14.6. The van der Waals surface area contributed by atoms with Crippen molar-refractivity contribution in [3.63, 3.8) is 0 Å². The molecule has 11 heteroatoms. The summed E-state index contributed by atoms with van der Waals surface area (Å²) in [6.45, 7) is 5.45. The van der Waals surface area contributed by atoms with Crippen LogP contribution in [0.5, 0.6) is 0 Å². The van der Waals surface area contributed by atoms with Gasteiger partial charge in [0, 0.05) is 44.3 Å². The summed E-state index contributed by atoms with van der Waals surface area (Å²) in [5, 5.41) is 9.28. The topological polar surface area (TPSA) is 120 Å². The Hall–Kier alpha value is -2.50. The van der Waals surface area contributed by atoms with Crippen LogP contribution in [0.25, 0.3) is 10.9 Å². The summed E-state index contributed by atoms with van der Waals surface area (Å²) in [5.41, 5.74) is 0.0326. The molecule has 1 saturated heterocycles. The molecule has 0 bridgehead atoms. The summed E-state index contributed by atoms with van der Waals surface area (Å²) >= 11 is 0. The number of hydrogen-bond donors (Lipinski definition) is 2. The normalized spacial score (nSPS) is 15.1. The molecule has 1 aromatic heterocycles. The van der Waals surface area contributed by atoms with Crippen molar-refractivity contribution in [2.24, 2.45) is 0 Å². The van der Waals surface area contributed by atoms with E-state index in [4.69, 9.17) is 4.55 Å². The molecular weight excluding hydrogens is 405 g/mol. The Balaban J connectivity index is 0.000000537. The van der Waals surface area contributed by atoms with E-state index in [2.05, 4.69) is 4.90 Å². The van der Waals surface area contributed by atoms with E-state index in [1.807, 2.05) is 18.9 Å². The van der Waals surface area contributed by atoms with Gasteiger partial charge in [0.2, 0.25) is 5.43 Å². The average molecular weight is 429 g/mol. The number of aromatic carboxylic acids is 1. The number of pyridine rings is 1. The SMILES string of the molecule is CCn1cc(C(=O)O)c(=O)c2cc(F)c(N3CCN(C)CC3)cc21.CS(=O)(=O)O. The van der Waals surface area contributed by atoms with Gasteiger partial charge in [-0.2, -0.15) is 8.42 Å². The molecule has 2 N–H and O–H groups in total. The molecule has 0 unspecified atom stereocenters. The van der Waals surface area contributed by atoms with Crippen molar-refractivity contribution >= 4 is 32.7 Å². The quantitative estimate of drug-likeness (QED) is 0.697. The molecule has 0 atom stereocenters. The van der Waals surface area contributed by atoms with Gasteiger partial charge in [-0.05, 0) is 26.1 Å². The highest BCUT2D eigenvalue weighted by Crippen LogP contribution is 2.26. The Morgan fingerprint density at radius 1 is 1.21 bits per heavy atom. The average Bonchev–Trinajstić information content (AvgIpc) is 2.61. The first kappa shape index (κ1) is 22.8. The van der Waals surface area contributed by atoms with Crippen LogP contribution >= 0.6 is 0 Å². The van der Waals surface area contributed by atoms with Gasteiger partial charge in [0.15, 0.2) is 0 Å². The van der Waals surface area contributed by atoms with Gasteiger partial charge in [-0.3, -0.25) is 9.35 Å². The van der Waals surface area contributed by atoms with Crippen molar-refractivity contribution in [1.82, 2.24) is 9.47 Å². The van der Waals surface area contributed by atoms with Gasteiger partial charge in [0.1, 0.15) is 11.4 Å². The smallest absolute Gasteiger partial charge is 0.341 e. The van der Waals surface area contributed by atoms with E-state index in [1.165, 1.54) is 12.3 Å². The van der Waals surface area contributed by atoms with Crippen molar-refractivity contribution in [3.8, 4) is 0 Å². The maximum atomic E-state index is 14.6. The fourth-order valence-corrected chi connectivity index (χ4v) is 3.10. The van der Waals surface area contributed by atoms with Gasteiger partial charge in [-0.1, -0.05) is 0 Å². The Bertz CT molecular complexity index is 1070. The summed E-state index contributed by atoms with van der Waals surface area (Å²) in [5.74, 6) is -1.79. The van der Waals surface area contributed by atoms with Crippen LogP contribution in [0, 0.1) is 5.82 Å². The van der Waals surface area contributed by atoms with Gasteiger partial charge in [0.05, 0.1) is 17.5 Å². The summed E-state index contributed by atoms with van der Waals surface area (Å²) in [4.78, 5) is 27.7. The molecular formula is C18H24FN3O6S. The number of aromatic nitrogens is 1. The molecule has 2 aromatic rings. The van der Waals surface area contributed by atoms with Crippen molar-refractivity contribution in [2.45, 2.75) is 13.5 Å². The second-order valence-electron chi connectivity index (χ2n) is 6.81. The Kier molecular flexibility index (Phi) is 6.98. The number of halogens is 1. The van der Waals surface area contributed by atoms with Crippen LogP contribution in [-0.2, 0) is 16.7 Å². The van der Waals surface area contributed by atoms with E-state index >= 15 is 0 Å². The van der Waals surface area contributed by atoms with Crippen LogP contribution in [0.1, 0.15) is 17.3 Å². The summed E-state index contributed by atoms with van der Waals surface area (Å²) in [6.07, 6.45) is 2.05. The van der Waals surface area contributed by atoms with E-state index in [1.54, 1.807) is 10.6 Å². The third-order valence-corrected chi connectivity index (χ3v) is 4.56. The van der Waals surface area contributed by atoms with Crippen molar-refractivity contribution < 1.29 is 27.3 Å². The number of carboxylic acids is 1. The Morgan fingerprint density at radius 2 is 1.76 bits per heavy atom. The molecule has 3 rings (SSSR count). The minimum atomic E-state index is -3.67. The highest BCUT2D eigenvalue weighted by molar-refractivity contribution is 7.85. The molecule has 0 amide bonds. The molecule has 2 heterocycles. The number of fused-ring (bicyclic) bond motifs is 1. The lowest BCUT2D eigenvalue weighted by molar-refractivity contribution is 0.0694. The van der Waals surface area contributed by atoms with Crippen LogP contribution in [0.2, 0.25) is 0 Å². The Labute approximate surface area is 167 Å². The van der Waals surface area contributed by atoms with Crippen molar-refractivity contribution in [3.05, 3.63) is 39.9 Å². The predicted molar refractivity (Wildman–Crippen MR) is 108 cm³/mol. The molecule has 0 spiro atoms. The third kappa shape index (κ3) is 5.75. The predicted octanol–water partition coefficient (Wildman–Crippen LogP) is 1.11. The minimum Gasteiger partial charge on any atom is -0.477 e. The number of benzene rings is 1. The van der Waals surface area contributed by atoms with Crippen LogP contribution < -0.4 is 10.3 Å². The number of anilines is 1. The van der Waals surface area contributed by atoms with Gasteiger partial charge in [-0.25, -0.2) is 9.18 Å². The molecule has 1 aliphatic rings. The molecule has 0 aliphatic carbocycles. The fraction of sp³-hybridized carbons (Fsp3) is 0.444. The number of piperazine rings is 1. The monoisotopic (exact) mass is 429 g/mol. The largest absolute Gasteiger partial charge is 0.477 e. The van der Waals surface area contributed by atoms with Crippen LogP contribution in [0.15, 0.2) is 23.1 Å². The molecule has 160 valence electrons. The molecule has 9 nitrogen and oxygen atoms in total. The zero-order valence-electron chi connectivity index (χ0n) is 16.4. The lowest BCUT2D eigenvalue weighted by atomic mass is 10.1. The zero-order chi connectivity index (χ0) is 21.9. The number of nitrogens with zero attached hydrogens (tertiary/aromatic N) is 3. The van der Waals surface area contributed by atoms with Crippen LogP contribution in [0.4, 0.5) is 10.1 Å². The molecule has 29 heavy (non-hydrogen) atoms. The van der Waals surface area contributed by atoms with Crippen LogP contribution in [-0.4, -0.2) is 73.0 Å². The molecule has 1 fully saturated rings. The second kappa shape index (κ2) is 8.89. The van der Waals surface area contributed by atoms with E-state index in [0.29, 0.717) is 37.1 Å². The number of carbonyl (C=O) groups is 1. The fourth-order valence-electron chi connectivity index (χ4n) is 3.10. The van der Waals surface area contributed by atoms with Gasteiger partial charge in [-0.15, -0.1) is 0 Å². The summed E-state index contributed by atoms with van der Waals surface area (Å²) in [6, 6.07) is 2.83. The highest BCUT2D eigenvalue weighted by Gasteiger charge is 2.21. The molecule has 1 aromatic carbocycles. The van der Waals surface area contributed by atoms with Crippen molar-refractivity contribution in [2.75, 3.05) is 44.4 Å². The third-order valence-electron chi connectivity index (χ3n) is 4.56. The first-order chi connectivity index (χ1) is 13.4. The number of rotatable bonds is 3. The molecule has 1 aliphatic heterocycles. The second-order valence-corrected chi connectivity index (χ2v) is 8.27. The minimum absolute atomic E-state index is 0.104. The van der Waals surface area contributed by atoms with E-state index in [-0.39, 0.29) is 10.9 Å². The lowest BCUT2D eigenvalue weighted by Gasteiger charge is -2.34. The highest BCUT2D eigenvalue weighted by atomic mass is 32.2. The van der Waals surface area contributed by atoms with Crippen molar-refractivity contribution in [1.29, 1.82) is 0 Å². The van der Waals surface area contributed by atoms with Gasteiger partial charge < -0.3 is 19.5 Å². The molecule has 0 radical (unpaired) electrons. The van der Waals surface area contributed by atoms with Gasteiger partial charge >= 0.3 is 5.97 Å². The zero-order valence-corrected chi connectivity index (χ0v) is 17.2. The lowest BCUT2D eigenvalue weighted by Crippen LogP contribution is -2.44. The van der Waals surface area contributed by atoms with E-state index in [0.717, 1.165) is 13.1 Å².